The molecule has 1 aliphatic carbocycles. The number of benzene rings is 1. The third-order valence-corrected chi connectivity index (χ3v) is 5.29. The Morgan fingerprint density at radius 1 is 1.04 bits per heavy atom. The van der Waals surface area contributed by atoms with Crippen molar-refractivity contribution in [2.45, 2.75) is 37.8 Å². The van der Waals surface area contributed by atoms with Crippen molar-refractivity contribution in [3.05, 3.63) is 35.2 Å². The number of guanidine groups is 2. The van der Waals surface area contributed by atoms with Gasteiger partial charge in [0, 0.05) is 16.6 Å². The summed E-state index contributed by atoms with van der Waals surface area (Å²) in [6.07, 6.45) is 5.36. The van der Waals surface area contributed by atoms with Crippen molar-refractivity contribution in [2.75, 3.05) is 4.90 Å². The van der Waals surface area contributed by atoms with E-state index in [9.17, 15) is 0 Å². The molecule has 124 valence electrons. The highest BCUT2D eigenvalue weighted by atomic mass is 32.1. The molecule has 0 saturated heterocycles. The van der Waals surface area contributed by atoms with Crippen LogP contribution in [0.15, 0.2) is 45.1 Å². The minimum absolute atomic E-state index is 0.282. The van der Waals surface area contributed by atoms with E-state index >= 15 is 0 Å². The van der Waals surface area contributed by atoms with Gasteiger partial charge in [-0.2, -0.15) is 4.99 Å². The first kappa shape index (κ1) is 15.1. The molecule has 0 unspecified atom stereocenters. The van der Waals surface area contributed by atoms with Crippen LogP contribution in [0.2, 0.25) is 0 Å². The maximum Gasteiger partial charge on any atom is 0.220 e. The van der Waals surface area contributed by atoms with E-state index in [1.807, 2.05) is 15.8 Å². The molecule has 1 fully saturated rings. The van der Waals surface area contributed by atoms with Crippen molar-refractivity contribution in [2.24, 2.45) is 21.5 Å². The van der Waals surface area contributed by atoms with E-state index in [1.54, 1.807) is 11.3 Å². The van der Waals surface area contributed by atoms with Gasteiger partial charge in [-0.25, -0.2) is 9.98 Å². The normalized spacial score (nSPS) is 19.9. The average Bonchev–Trinajstić information content (AvgIpc) is 3.10. The number of nitrogens with zero attached hydrogens (tertiary/aromatic N) is 4. The molecule has 1 aliphatic heterocycles. The molecule has 1 aromatic carbocycles. The fraction of sp³-hybridized carbons (Fsp3) is 0.353. The maximum absolute atomic E-state index is 6.24. The molecule has 24 heavy (non-hydrogen) atoms. The van der Waals surface area contributed by atoms with Crippen LogP contribution in [-0.2, 0) is 0 Å². The number of hydrogen-bond donors (Lipinski definition) is 2. The summed E-state index contributed by atoms with van der Waals surface area (Å²) in [6, 6.07) is 8.25. The number of rotatable bonds is 2. The summed E-state index contributed by atoms with van der Waals surface area (Å²) >= 11 is 1.59. The van der Waals surface area contributed by atoms with Gasteiger partial charge < -0.3 is 11.5 Å². The zero-order valence-electron chi connectivity index (χ0n) is 13.4. The Kier molecular flexibility index (Phi) is 3.72. The van der Waals surface area contributed by atoms with Gasteiger partial charge >= 0.3 is 0 Å². The monoisotopic (exact) mass is 340 g/mol. The topological polar surface area (TPSA) is 92.9 Å². The fourth-order valence-electron chi connectivity index (χ4n) is 3.63. The highest BCUT2D eigenvalue weighted by molar-refractivity contribution is 7.07. The van der Waals surface area contributed by atoms with E-state index in [-0.39, 0.29) is 5.96 Å². The van der Waals surface area contributed by atoms with Crippen molar-refractivity contribution in [3.8, 4) is 11.3 Å². The van der Waals surface area contributed by atoms with Crippen molar-refractivity contribution < 1.29 is 0 Å². The molecule has 2 aliphatic rings. The van der Waals surface area contributed by atoms with Gasteiger partial charge in [0.15, 0.2) is 0 Å². The Balaban J connectivity index is 1.71. The SMILES string of the molecule is NC1=NC2(CCCCC2)N(c2ccc(-c3cscn3)cc2)C(N)=N1. The van der Waals surface area contributed by atoms with Crippen molar-refractivity contribution in [1.29, 1.82) is 0 Å². The maximum atomic E-state index is 6.24. The molecule has 0 radical (unpaired) electrons. The fourth-order valence-corrected chi connectivity index (χ4v) is 4.19. The van der Waals surface area contributed by atoms with Gasteiger partial charge in [0.1, 0.15) is 5.66 Å². The molecule has 2 heterocycles. The largest absolute Gasteiger partial charge is 0.369 e. The van der Waals surface area contributed by atoms with Gasteiger partial charge in [-0.05, 0) is 37.8 Å². The van der Waals surface area contributed by atoms with Gasteiger partial charge in [0.25, 0.3) is 0 Å². The first-order valence-corrected chi connectivity index (χ1v) is 9.11. The lowest BCUT2D eigenvalue weighted by Gasteiger charge is -2.45. The van der Waals surface area contributed by atoms with Crippen LogP contribution < -0.4 is 16.4 Å². The molecule has 4 N–H and O–H groups in total. The lowest BCUT2D eigenvalue weighted by molar-refractivity contribution is 0.305. The molecule has 6 nitrogen and oxygen atoms in total. The third-order valence-electron chi connectivity index (χ3n) is 4.70. The zero-order chi connectivity index (χ0) is 16.6. The summed E-state index contributed by atoms with van der Waals surface area (Å²) < 4.78 is 0. The third kappa shape index (κ3) is 2.54. The van der Waals surface area contributed by atoms with Crippen molar-refractivity contribution >= 4 is 28.9 Å². The van der Waals surface area contributed by atoms with Crippen LogP contribution >= 0.6 is 11.3 Å². The van der Waals surface area contributed by atoms with Crippen LogP contribution in [0, 0.1) is 0 Å². The molecule has 2 aromatic rings. The van der Waals surface area contributed by atoms with Gasteiger partial charge in [-0.15, -0.1) is 11.3 Å². The first-order valence-electron chi connectivity index (χ1n) is 8.16. The average molecular weight is 340 g/mol. The zero-order valence-corrected chi connectivity index (χ0v) is 14.2. The van der Waals surface area contributed by atoms with Crippen molar-refractivity contribution in [3.63, 3.8) is 0 Å². The number of hydrogen-bond acceptors (Lipinski definition) is 7. The summed E-state index contributed by atoms with van der Waals surface area (Å²) in [6.45, 7) is 0. The molecule has 0 atom stereocenters. The number of aromatic nitrogens is 1. The quantitative estimate of drug-likeness (QED) is 0.879. The standard InChI is InChI=1S/C17H20N6S/c18-15-21-16(19)23(17(22-15)8-2-1-3-9-17)13-6-4-12(5-7-13)14-10-24-11-20-14/h4-7,10-11H,1-3,8-9H2,(H4,18,19,21,22). The first-order chi connectivity index (χ1) is 11.7. The van der Waals surface area contributed by atoms with Crippen LogP contribution in [0.3, 0.4) is 0 Å². The van der Waals surface area contributed by atoms with E-state index in [4.69, 9.17) is 16.5 Å². The molecule has 1 saturated carbocycles. The molecule has 0 bridgehead atoms. The van der Waals surface area contributed by atoms with Crippen LogP contribution in [0.5, 0.6) is 0 Å². The predicted molar refractivity (Wildman–Crippen MR) is 99.1 cm³/mol. The smallest absolute Gasteiger partial charge is 0.220 e. The molecular weight excluding hydrogens is 320 g/mol. The lowest BCUT2D eigenvalue weighted by atomic mass is 9.87. The molecule has 4 rings (SSSR count). The summed E-state index contributed by atoms with van der Waals surface area (Å²) in [7, 11) is 0. The predicted octanol–water partition coefficient (Wildman–Crippen LogP) is 2.92. The highest BCUT2D eigenvalue weighted by Gasteiger charge is 2.42. The van der Waals surface area contributed by atoms with Gasteiger partial charge in [-0.1, -0.05) is 18.6 Å². The molecule has 7 heteroatoms. The Labute approximate surface area is 144 Å². The van der Waals surface area contributed by atoms with Crippen molar-refractivity contribution in [1.82, 2.24) is 4.98 Å². The van der Waals surface area contributed by atoms with E-state index in [1.165, 1.54) is 6.42 Å². The highest BCUT2D eigenvalue weighted by Crippen LogP contribution is 2.39. The summed E-state index contributed by atoms with van der Waals surface area (Å²) in [5, 5.41) is 2.04. The molecule has 1 spiro atoms. The van der Waals surface area contributed by atoms with Crippen LogP contribution in [0.25, 0.3) is 11.3 Å². The van der Waals surface area contributed by atoms with E-state index in [0.717, 1.165) is 42.6 Å². The minimum Gasteiger partial charge on any atom is -0.369 e. The van der Waals surface area contributed by atoms with Gasteiger partial charge in [-0.3, -0.25) is 4.90 Å². The second-order valence-corrected chi connectivity index (χ2v) is 6.96. The lowest BCUT2D eigenvalue weighted by Crippen LogP contribution is -2.58. The Morgan fingerprint density at radius 3 is 2.46 bits per heavy atom. The number of aliphatic imine (C=N–C) groups is 2. The summed E-state index contributed by atoms with van der Waals surface area (Å²) in [4.78, 5) is 15.3. The van der Waals surface area contributed by atoms with Gasteiger partial charge in [0.05, 0.1) is 11.2 Å². The second kappa shape index (κ2) is 5.90. The molecular formula is C17H20N6S. The van der Waals surface area contributed by atoms with E-state index < -0.39 is 5.66 Å². The minimum atomic E-state index is -0.393. The number of thiazole rings is 1. The summed E-state index contributed by atoms with van der Waals surface area (Å²) in [5.41, 5.74) is 16.7. The van der Waals surface area contributed by atoms with E-state index in [0.29, 0.717) is 5.96 Å². The van der Waals surface area contributed by atoms with Gasteiger partial charge in [0.2, 0.25) is 11.9 Å². The number of anilines is 1. The van der Waals surface area contributed by atoms with E-state index in [2.05, 4.69) is 34.2 Å². The second-order valence-electron chi connectivity index (χ2n) is 6.24. The van der Waals surface area contributed by atoms with Crippen LogP contribution in [0.4, 0.5) is 5.69 Å². The Bertz CT molecular complexity index is 772. The number of nitrogens with two attached hydrogens (primary N) is 2. The molecule has 1 aromatic heterocycles. The summed E-state index contributed by atoms with van der Waals surface area (Å²) in [5.74, 6) is 0.704. The Morgan fingerprint density at radius 2 is 1.79 bits per heavy atom. The van der Waals surface area contributed by atoms with Crippen LogP contribution in [0.1, 0.15) is 32.1 Å². The Hall–Kier alpha value is -2.41. The van der Waals surface area contributed by atoms with Crippen LogP contribution in [-0.4, -0.2) is 22.6 Å². The molecule has 0 amide bonds.